The van der Waals surface area contributed by atoms with Crippen LogP contribution in [0.4, 0.5) is 0 Å². The predicted octanol–water partition coefficient (Wildman–Crippen LogP) is 3.04. The average molecular weight is 278 g/mol. The van der Waals surface area contributed by atoms with Crippen molar-refractivity contribution in [1.29, 1.82) is 0 Å². The molecule has 1 aliphatic rings. The molecule has 0 amide bonds. The smallest absolute Gasteiger partial charge is 0.231 e. The molecule has 0 atom stereocenters. The van der Waals surface area contributed by atoms with Crippen LogP contribution in [0.25, 0.3) is 0 Å². The first-order chi connectivity index (χ1) is 9.16. The normalized spacial score (nSPS) is 17.8. The van der Waals surface area contributed by atoms with Gasteiger partial charge in [-0.2, -0.15) is 4.98 Å². The van der Waals surface area contributed by atoms with Crippen molar-refractivity contribution in [3.8, 4) is 0 Å². The Morgan fingerprint density at radius 1 is 1.21 bits per heavy atom. The van der Waals surface area contributed by atoms with Gasteiger partial charge in [-0.05, 0) is 30.5 Å². The van der Waals surface area contributed by atoms with Crippen molar-refractivity contribution in [1.82, 2.24) is 10.1 Å². The van der Waals surface area contributed by atoms with Gasteiger partial charge in [-0.15, -0.1) is 0 Å². The summed E-state index contributed by atoms with van der Waals surface area (Å²) in [5, 5.41) is 4.77. The highest BCUT2D eigenvalue weighted by Gasteiger charge is 2.35. The monoisotopic (exact) mass is 277 g/mol. The lowest BCUT2D eigenvalue weighted by molar-refractivity contribution is 0.352. The minimum absolute atomic E-state index is 0.387. The molecule has 0 aliphatic heterocycles. The topological polar surface area (TPSA) is 64.9 Å². The van der Waals surface area contributed by atoms with Crippen LogP contribution in [0.1, 0.15) is 43.0 Å². The maximum atomic E-state index is 6.30. The second kappa shape index (κ2) is 4.94. The van der Waals surface area contributed by atoms with Gasteiger partial charge in [0.25, 0.3) is 0 Å². The first-order valence-corrected chi connectivity index (χ1v) is 6.90. The van der Waals surface area contributed by atoms with E-state index in [1.54, 1.807) is 0 Å². The zero-order valence-corrected chi connectivity index (χ0v) is 11.4. The van der Waals surface area contributed by atoms with Crippen LogP contribution in [0.15, 0.2) is 28.8 Å². The molecule has 1 fully saturated rings. The molecule has 4 nitrogen and oxygen atoms in total. The van der Waals surface area contributed by atoms with Crippen LogP contribution < -0.4 is 5.73 Å². The summed E-state index contributed by atoms with van der Waals surface area (Å²) < 4.78 is 5.30. The summed E-state index contributed by atoms with van der Waals surface area (Å²) in [5.41, 5.74) is 7.01. The van der Waals surface area contributed by atoms with Crippen molar-refractivity contribution in [2.75, 3.05) is 0 Å². The van der Waals surface area contributed by atoms with E-state index >= 15 is 0 Å². The van der Waals surface area contributed by atoms with E-state index in [-0.39, 0.29) is 5.54 Å². The van der Waals surface area contributed by atoms with Gasteiger partial charge in [0.2, 0.25) is 5.89 Å². The maximum Gasteiger partial charge on any atom is 0.231 e. The van der Waals surface area contributed by atoms with Gasteiger partial charge in [-0.1, -0.05) is 41.7 Å². The predicted molar refractivity (Wildman–Crippen MR) is 72.9 cm³/mol. The third kappa shape index (κ3) is 2.65. The maximum absolute atomic E-state index is 6.30. The molecule has 19 heavy (non-hydrogen) atoms. The first kappa shape index (κ1) is 12.6. The summed E-state index contributed by atoms with van der Waals surface area (Å²) in [5.74, 6) is 1.25. The fraction of sp³-hybridized carbons (Fsp3) is 0.429. The SMILES string of the molecule is NC1(c2noc(Cc3ccc(Cl)cc3)n2)CCCC1. The molecule has 1 aromatic heterocycles. The third-order valence-corrected chi connectivity index (χ3v) is 3.93. The number of nitrogens with two attached hydrogens (primary N) is 1. The average Bonchev–Trinajstić information content (AvgIpc) is 3.02. The van der Waals surface area contributed by atoms with Crippen molar-refractivity contribution in [3.05, 3.63) is 46.6 Å². The number of hydrogen-bond donors (Lipinski definition) is 1. The van der Waals surface area contributed by atoms with Gasteiger partial charge in [0.15, 0.2) is 5.82 Å². The van der Waals surface area contributed by atoms with Crippen molar-refractivity contribution in [2.45, 2.75) is 37.6 Å². The van der Waals surface area contributed by atoms with Gasteiger partial charge in [0, 0.05) is 5.02 Å². The number of aromatic nitrogens is 2. The van der Waals surface area contributed by atoms with Gasteiger partial charge < -0.3 is 10.3 Å². The van der Waals surface area contributed by atoms with Gasteiger partial charge in [-0.25, -0.2) is 0 Å². The molecule has 5 heteroatoms. The number of benzene rings is 1. The quantitative estimate of drug-likeness (QED) is 0.936. The van der Waals surface area contributed by atoms with E-state index in [0.29, 0.717) is 18.1 Å². The van der Waals surface area contributed by atoms with Crippen molar-refractivity contribution >= 4 is 11.6 Å². The first-order valence-electron chi connectivity index (χ1n) is 6.52. The van der Waals surface area contributed by atoms with Gasteiger partial charge in [0.05, 0.1) is 12.0 Å². The Hall–Kier alpha value is -1.39. The molecular formula is C14H16ClN3O. The Balaban J connectivity index is 1.76. The Morgan fingerprint density at radius 3 is 2.58 bits per heavy atom. The van der Waals surface area contributed by atoms with E-state index in [0.717, 1.165) is 36.3 Å². The van der Waals surface area contributed by atoms with Crippen molar-refractivity contribution in [3.63, 3.8) is 0 Å². The third-order valence-electron chi connectivity index (χ3n) is 3.68. The highest BCUT2D eigenvalue weighted by Crippen LogP contribution is 2.34. The summed E-state index contributed by atoms with van der Waals surface area (Å²) in [6.45, 7) is 0. The summed E-state index contributed by atoms with van der Waals surface area (Å²) >= 11 is 5.86. The lowest BCUT2D eigenvalue weighted by atomic mass is 9.99. The van der Waals surface area contributed by atoms with Gasteiger partial charge in [0.1, 0.15) is 0 Å². The van der Waals surface area contributed by atoms with E-state index in [2.05, 4.69) is 10.1 Å². The van der Waals surface area contributed by atoms with Crippen LogP contribution >= 0.6 is 11.6 Å². The lowest BCUT2D eigenvalue weighted by Crippen LogP contribution is -2.34. The molecule has 1 aliphatic carbocycles. The number of rotatable bonds is 3. The van der Waals surface area contributed by atoms with Crippen molar-refractivity contribution < 1.29 is 4.52 Å². The summed E-state index contributed by atoms with van der Waals surface area (Å²) in [7, 11) is 0. The molecule has 0 bridgehead atoms. The molecule has 2 N–H and O–H groups in total. The highest BCUT2D eigenvalue weighted by molar-refractivity contribution is 6.30. The van der Waals surface area contributed by atoms with Crippen LogP contribution in [0.2, 0.25) is 5.02 Å². The van der Waals surface area contributed by atoms with E-state index in [9.17, 15) is 0 Å². The Bertz CT molecular complexity index is 558. The van der Waals surface area contributed by atoms with Crippen LogP contribution in [-0.2, 0) is 12.0 Å². The van der Waals surface area contributed by atoms with Crippen LogP contribution in [-0.4, -0.2) is 10.1 Å². The fourth-order valence-corrected chi connectivity index (χ4v) is 2.66. The van der Waals surface area contributed by atoms with E-state index < -0.39 is 0 Å². The molecule has 1 saturated carbocycles. The van der Waals surface area contributed by atoms with Gasteiger partial charge in [-0.3, -0.25) is 0 Å². The Kier molecular flexibility index (Phi) is 3.29. The Morgan fingerprint density at radius 2 is 1.89 bits per heavy atom. The molecule has 2 aromatic rings. The molecule has 1 aromatic carbocycles. The van der Waals surface area contributed by atoms with E-state index in [1.807, 2.05) is 24.3 Å². The molecule has 1 heterocycles. The minimum atomic E-state index is -0.387. The minimum Gasteiger partial charge on any atom is -0.339 e. The molecule has 0 spiro atoms. The number of hydrogen-bond acceptors (Lipinski definition) is 4. The summed E-state index contributed by atoms with van der Waals surface area (Å²) in [6, 6.07) is 7.63. The zero-order valence-electron chi connectivity index (χ0n) is 10.6. The highest BCUT2D eigenvalue weighted by atomic mass is 35.5. The largest absolute Gasteiger partial charge is 0.339 e. The zero-order chi connectivity index (χ0) is 13.3. The molecule has 3 rings (SSSR count). The lowest BCUT2D eigenvalue weighted by Gasteiger charge is -2.17. The fourth-order valence-electron chi connectivity index (χ4n) is 2.54. The second-order valence-electron chi connectivity index (χ2n) is 5.18. The van der Waals surface area contributed by atoms with Crippen molar-refractivity contribution in [2.24, 2.45) is 5.73 Å². The van der Waals surface area contributed by atoms with Crippen LogP contribution in [0.5, 0.6) is 0 Å². The van der Waals surface area contributed by atoms with Crippen LogP contribution in [0, 0.1) is 0 Å². The second-order valence-corrected chi connectivity index (χ2v) is 5.61. The Labute approximate surface area is 117 Å². The van der Waals surface area contributed by atoms with Crippen LogP contribution in [0.3, 0.4) is 0 Å². The standard InChI is InChI=1S/C14H16ClN3O/c15-11-5-3-10(4-6-11)9-12-17-13(18-19-12)14(16)7-1-2-8-14/h3-6H,1-2,7-9,16H2. The summed E-state index contributed by atoms with van der Waals surface area (Å²) in [6.07, 6.45) is 4.76. The molecular weight excluding hydrogens is 262 g/mol. The van der Waals surface area contributed by atoms with Gasteiger partial charge >= 0.3 is 0 Å². The molecule has 0 saturated heterocycles. The number of nitrogens with zero attached hydrogens (tertiary/aromatic N) is 2. The summed E-state index contributed by atoms with van der Waals surface area (Å²) in [4.78, 5) is 4.45. The van der Waals surface area contributed by atoms with E-state index in [1.165, 1.54) is 0 Å². The van der Waals surface area contributed by atoms with E-state index in [4.69, 9.17) is 21.9 Å². The molecule has 0 unspecified atom stereocenters. The molecule has 100 valence electrons. The number of halogens is 1. The molecule has 0 radical (unpaired) electrons.